The number of rotatable bonds is 8. The summed E-state index contributed by atoms with van der Waals surface area (Å²) in [6, 6.07) is 23.6. The first-order valence-electron chi connectivity index (χ1n) is 10.9. The monoisotopic (exact) mass is 443 g/mol. The molecule has 6 heteroatoms. The predicted molar refractivity (Wildman–Crippen MR) is 127 cm³/mol. The van der Waals surface area contributed by atoms with Gasteiger partial charge in [-0.05, 0) is 47.4 Å². The van der Waals surface area contributed by atoms with Gasteiger partial charge in [0.15, 0.2) is 5.82 Å². The van der Waals surface area contributed by atoms with E-state index in [0.717, 1.165) is 11.3 Å². The van der Waals surface area contributed by atoms with Gasteiger partial charge in [0, 0.05) is 23.4 Å². The maximum absolute atomic E-state index is 13.9. The van der Waals surface area contributed by atoms with Crippen LogP contribution in [0.5, 0.6) is 5.75 Å². The van der Waals surface area contributed by atoms with Crippen LogP contribution in [0.1, 0.15) is 46.8 Å². The van der Waals surface area contributed by atoms with Gasteiger partial charge in [0.25, 0.3) is 5.91 Å². The van der Waals surface area contributed by atoms with Crippen LogP contribution in [0.15, 0.2) is 85.1 Å². The lowest BCUT2D eigenvalue weighted by Crippen LogP contribution is -2.13. The summed E-state index contributed by atoms with van der Waals surface area (Å²) in [5, 5.41) is 7.11. The lowest BCUT2D eigenvalue weighted by atomic mass is 10.0. The molecule has 0 radical (unpaired) electrons. The minimum absolute atomic E-state index is 0.269. The molecule has 0 saturated carbocycles. The van der Waals surface area contributed by atoms with E-state index in [0.29, 0.717) is 29.5 Å². The van der Waals surface area contributed by atoms with Crippen LogP contribution in [0.3, 0.4) is 0 Å². The summed E-state index contributed by atoms with van der Waals surface area (Å²) in [7, 11) is 0. The molecule has 0 unspecified atom stereocenters. The summed E-state index contributed by atoms with van der Waals surface area (Å²) < 4.78 is 21.3. The molecule has 1 aromatic heterocycles. The van der Waals surface area contributed by atoms with Gasteiger partial charge in [-0.1, -0.05) is 56.3 Å². The Morgan fingerprint density at radius 3 is 2.58 bits per heavy atom. The number of amides is 1. The maximum Gasteiger partial charge on any atom is 0.256 e. The van der Waals surface area contributed by atoms with Gasteiger partial charge in [0.1, 0.15) is 18.2 Å². The van der Waals surface area contributed by atoms with Crippen LogP contribution in [-0.2, 0) is 13.2 Å². The van der Waals surface area contributed by atoms with Crippen molar-refractivity contribution in [2.75, 3.05) is 5.32 Å². The molecule has 0 aliphatic carbocycles. The highest BCUT2D eigenvalue weighted by atomic mass is 19.1. The number of nitrogens with zero attached hydrogens (tertiary/aromatic N) is 2. The van der Waals surface area contributed by atoms with Crippen molar-refractivity contribution in [3.8, 4) is 5.75 Å². The highest BCUT2D eigenvalue weighted by molar-refractivity contribution is 6.03. The molecule has 0 aliphatic rings. The third-order valence-electron chi connectivity index (χ3n) is 5.31. The van der Waals surface area contributed by atoms with Crippen molar-refractivity contribution in [2.45, 2.75) is 32.9 Å². The molecule has 1 heterocycles. The first kappa shape index (κ1) is 22.3. The van der Waals surface area contributed by atoms with E-state index in [2.05, 4.69) is 36.4 Å². The Hall–Kier alpha value is -3.93. The average molecular weight is 444 g/mol. The topological polar surface area (TPSA) is 56.1 Å². The lowest BCUT2D eigenvalue weighted by Gasteiger charge is -2.10. The second-order valence-electron chi connectivity index (χ2n) is 8.16. The van der Waals surface area contributed by atoms with Crippen LogP contribution in [0.2, 0.25) is 0 Å². The van der Waals surface area contributed by atoms with Crippen molar-refractivity contribution < 1.29 is 13.9 Å². The number of benzene rings is 3. The zero-order chi connectivity index (χ0) is 23.2. The van der Waals surface area contributed by atoms with Gasteiger partial charge in [0.05, 0.1) is 6.54 Å². The van der Waals surface area contributed by atoms with Crippen molar-refractivity contribution in [1.29, 1.82) is 0 Å². The van der Waals surface area contributed by atoms with E-state index in [-0.39, 0.29) is 18.3 Å². The third kappa shape index (κ3) is 5.86. The molecule has 0 aliphatic heterocycles. The summed E-state index contributed by atoms with van der Waals surface area (Å²) in [5.74, 6) is 1.11. The molecule has 1 N–H and O–H groups in total. The van der Waals surface area contributed by atoms with E-state index in [1.165, 1.54) is 11.6 Å². The number of anilines is 1. The normalized spacial score (nSPS) is 10.9. The van der Waals surface area contributed by atoms with E-state index in [1.54, 1.807) is 47.3 Å². The molecule has 3 aromatic carbocycles. The number of aromatic nitrogens is 2. The number of nitrogens with one attached hydrogen (secondary N) is 1. The molecule has 4 rings (SSSR count). The Kier molecular flexibility index (Phi) is 6.83. The van der Waals surface area contributed by atoms with E-state index in [4.69, 9.17) is 4.74 Å². The summed E-state index contributed by atoms with van der Waals surface area (Å²) in [6.45, 7) is 4.95. The molecule has 5 nitrogen and oxygen atoms in total. The third-order valence-corrected chi connectivity index (χ3v) is 5.31. The predicted octanol–water partition coefficient (Wildman–Crippen LogP) is 6.03. The van der Waals surface area contributed by atoms with Crippen molar-refractivity contribution in [3.05, 3.63) is 113 Å². The van der Waals surface area contributed by atoms with Gasteiger partial charge in [0.2, 0.25) is 0 Å². The minimum Gasteiger partial charge on any atom is -0.489 e. The van der Waals surface area contributed by atoms with Gasteiger partial charge in [-0.3, -0.25) is 9.48 Å². The molecule has 168 valence electrons. The molecule has 4 aromatic rings. The first-order chi connectivity index (χ1) is 16.0. The minimum atomic E-state index is -0.284. The maximum atomic E-state index is 13.9. The molecule has 33 heavy (non-hydrogen) atoms. The Labute approximate surface area is 192 Å². The molecule has 0 fully saturated rings. The van der Waals surface area contributed by atoms with Crippen LogP contribution >= 0.6 is 0 Å². The molecule has 0 bridgehead atoms. The van der Waals surface area contributed by atoms with Crippen LogP contribution in [-0.4, -0.2) is 15.7 Å². The Morgan fingerprint density at radius 2 is 1.82 bits per heavy atom. The van der Waals surface area contributed by atoms with Gasteiger partial charge >= 0.3 is 0 Å². The second-order valence-corrected chi connectivity index (χ2v) is 8.16. The lowest BCUT2D eigenvalue weighted by molar-refractivity contribution is 0.102. The fourth-order valence-corrected chi connectivity index (χ4v) is 3.42. The quantitative estimate of drug-likeness (QED) is 0.362. The first-order valence-corrected chi connectivity index (χ1v) is 10.9. The highest BCUT2D eigenvalue weighted by Crippen LogP contribution is 2.20. The zero-order valence-electron chi connectivity index (χ0n) is 18.7. The molecule has 1 amide bonds. The van der Waals surface area contributed by atoms with Crippen molar-refractivity contribution in [1.82, 2.24) is 9.78 Å². The van der Waals surface area contributed by atoms with Crippen molar-refractivity contribution in [3.63, 3.8) is 0 Å². The number of hydrogen-bond acceptors (Lipinski definition) is 3. The fourth-order valence-electron chi connectivity index (χ4n) is 3.42. The smallest absolute Gasteiger partial charge is 0.256 e. The zero-order valence-corrected chi connectivity index (χ0v) is 18.7. The Bertz CT molecular complexity index is 1230. The van der Waals surface area contributed by atoms with Gasteiger partial charge in [-0.25, -0.2) is 4.39 Å². The van der Waals surface area contributed by atoms with Crippen LogP contribution in [0, 0.1) is 5.82 Å². The molecular weight excluding hydrogens is 417 g/mol. The summed E-state index contributed by atoms with van der Waals surface area (Å²) in [4.78, 5) is 12.7. The molecule has 0 spiro atoms. The Balaban J connectivity index is 1.36. The summed E-state index contributed by atoms with van der Waals surface area (Å²) >= 11 is 0. The summed E-state index contributed by atoms with van der Waals surface area (Å²) in [5.41, 5.74) is 3.19. The summed E-state index contributed by atoms with van der Waals surface area (Å²) in [6.07, 6.45) is 1.71. The SMILES string of the molecule is CC(C)c1ccc(OCc2cccc(C(=O)Nc3ccn(Cc4ccccc4F)n3)c2)cc1. The fraction of sp³-hybridized carbons (Fsp3) is 0.185. The van der Waals surface area contributed by atoms with Crippen LogP contribution < -0.4 is 10.1 Å². The van der Waals surface area contributed by atoms with E-state index in [9.17, 15) is 9.18 Å². The average Bonchev–Trinajstić information content (AvgIpc) is 3.26. The van der Waals surface area contributed by atoms with Crippen LogP contribution in [0.4, 0.5) is 10.2 Å². The number of carbonyl (C=O) groups is 1. The number of halogens is 1. The number of carbonyl (C=O) groups excluding carboxylic acids is 1. The Morgan fingerprint density at radius 1 is 1.03 bits per heavy atom. The van der Waals surface area contributed by atoms with Crippen LogP contribution in [0.25, 0.3) is 0 Å². The molecule has 0 atom stereocenters. The second kappa shape index (κ2) is 10.1. The van der Waals surface area contributed by atoms with Gasteiger partial charge < -0.3 is 10.1 Å². The van der Waals surface area contributed by atoms with E-state index >= 15 is 0 Å². The van der Waals surface area contributed by atoms with E-state index < -0.39 is 0 Å². The number of ether oxygens (including phenoxy) is 1. The van der Waals surface area contributed by atoms with Crippen molar-refractivity contribution in [2.24, 2.45) is 0 Å². The molecule has 0 saturated heterocycles. The molecular formula is C27H26FN3O2. The van der Waals surface area contributed by atoms with Gasteiger partial charge in [-0.15, -0.1) is 0 Å². The van der Waals surface area contributed by atoms with Gasteiger partial charge in [-0.2, -0.15) is 5.10 Å². The number of hydrogen-bond donors (Lipinski definition) is 1. The van der Waals surface area contributed by atoms with Crippen molar-refractivity contribution >= 4 is 11.7 Å². The standard InChI is InChI=1S/C27H26FN3O2/c1-19(2)21-10-12-24(13-11-21)33-18-20-6-5-8-22(16-20)27(32)29-26-14-15-31(30-26)17-23-7-3-4-9-25(23)28/h3-16,19H,17-18H2,1-2H3,(H,29,30,32). The highest BCUT2D eigenvalue weighted by Gasteiger charge is 2.10. The van der Waals surface area contributed by atoms with E-state index in [1.807, 2.05) is 24.3 Å². The largest absolute Gasteiger partial charge is 0.489 e.